The Labute approximate surface area is 158 Å². The average Bonchev–Trinajstić information content (AvgIpc) is 2.37. The van der Waals surface area contributed by atoms with E-state index in [-0.39, 0.29) is 12.5 Å². The molecule has 0 aliphatic rings. The highest BCUT2D eigenvalue weighted by atomic mass is 127. The average molecular weight is 613 g/mol. The Morgan fingerprint density at radius 3 is 2.50 bits per heavy atom. The maximum absolute atomic E-state index is 12.2. The summed E-state index contributed by atoms with van der Waals surface area (Å²) in [5.41, 5.74) is 0.600. The molecule has 0 heterocycles. The Morgan fingerprint density at radius 1 is 1.30 bits per heavy atom. The van der Waals surface area contributed by atoms with E-state index in [2.05, 4.69) is 73.1 Å². The summed E-state index contributed by atoms with van der Waals surface area (Å²) in [6.45, 7) is 2.10. The highest BCUT2D eigenvalue weighted by Crippen LogP contribution is 2.22. The van der Waals surface area contributed by atoms with Crippen LogP contribution in [-0.2, 0) is 4.79 Å². The molecule has 0 bridgehead atoms. The van der Waals surface area contributed by atoms with Crippen molar-refractivity contribution in [3.8, 4) is 0 Å². The van der Waals surface area contributed by atoms with E-state index in [4.69, 9.17) is 5.11 Å². The molecule has 1 aromatic carbocycles. The zero-order chi connectivity index (χ0) is 15.3. The van der Waals surface area contributed by atoms with E-state index in [1.54, 1.807) is 0 Å². The van der Waals surface area contributed by atoms with E-state index in [0.717, 1.165) is 17.1 Å². The molecule has 1 rings (SSSR count). The maximum atomic E-state index is 12.2. The molecule has 0 radical (unpaired) electrons. The lowest BCUT2D eigenvalue weighted by Crippen LogP contribution is -2.33. The SMILES string of the molecule is CCCC(CNC(=O)c1cc(I)cc(I)c1I)C(=O)O. The summed E-state index contributed by atoms with van der Waals surface area (Å²) in [6.07, 6.45) is 1.35. The van der Waals surface area contributed by atoms with Crippen molar-refractivity contribution < 1.29 is 14.7 Å². The number of hydrogen-bond donors (Lipinski definition) is 2. The summed E-state index contributed by atoms with van der Waals surface area (Å²) in [7, 11) is 0. The fraction of sp³-hybridized carbons (Fsp3) is 0.385. The molecule has 0 aromatic heterocycles. The second-order valence-corrected chi connectivity index (χ2v) is 7.77. The largest absolute Gasteiger partial charge is 0.481 e. The summed E-state index contributed by atoms with van der Waals surface area (Å²) < 4.78 is 2.90. The molecule has 7 heteroatoms. The smallest absolute Gasteiger partial charge is 0.308 e. The first-order valence-electron chi connectivity index (χ1n) is 6.02. The van der Waals surface area contributed by atoms with E-state index in [1.165, 1.54) is 0 Å². The zero-order valence-electron chi connectivity index (χ0n) is 10.8. The molecule has 1 atom stereocenters. The van der Waals surface area contributed by atoms with E-state index in [0.29, 0.717) is 12.0 Å². The fourth-order valence-corrected chi connectivity index (χ4v) is 4.09. The first-order valence-corrected chi connectivity index (χ1v) is 9.26. The molecule has 0 fully saturated rings. The molecule has 4 nitrogen and oxygen atoms in total. The predicted molar refractivity (Wildman–Crippen MR) is 103 cm³/mol. The topological polar surface area (TPSA) is 66.4 Å². The van der Waals surface area contributed by atoms with Gasteiger partial charge in [-0.2, -0.15) is 0 Å². The van der Waals surface area contributed by atoms with Gasteiger partial charge in [0.15, 0.2) is 0 Å². The molecule has 110 valence electrons. The summed E-state index contributed by atoms with van der Waals surface area (Å²) >= 11 is 6.49. The Hall–Kier alpha value is 0.350. The van der Waals surface area contributed by atoms with Gasteiger partial charge in [0.25, 0.3) is 5.91 Å². The Kier molecular flexibility index (Phi) is 8.01. The molecule has 0 saturated heterocycles. The van der Waals surface area contributed by atoms with Crippen molar-refractivity contribution >= 4 is 79.6 Å². The molecule has 1 aromatic rings. The number of amides is 1. The molecule has 0 spiro atoms. The molecule has 0 aliphatic heterocycles. The van der Waals surface area contributed by atoms with Gasteiger partial charge in [-0.15, -0.1) is 0 Å². The van der Waals surface area contributed by atoms with Crippen LogP contribution in [0.2, 0.25) is 0 Å². The maximum Gasteiger partial charge on any atom is 0.308 e. The van der Waals surface area contributed by atoms with Crippen LogP contribution >= 0.6 is 67.8 Å². The molecule has 0 saturated carbocycles. The molecule has 2 N–H and O–H groups in total. The van der Waals surface area contributed by atoms with E-state index in [1.807, 2.05) is 19.1 Å². The summed E-state index contributed by atoms with van der Waals surface area (Å²) in [5, 5.41) is 11.8. The van der Waals surface area contributed by atoms with Crippen molar-refractivity contribution in [3.05, 3.63) is 28.4 Å². The van der Waals surface area contributed by atoms with Gasteiger partial charge in [0.1, 0.15) is 0 Å². The third-order valence-electron chi connectivity index (χ3n) is 2.73. The summed E-state index contributed by atoms with van der Waals surface area (Å²) in [5.74, 6) is -1.60. The standard InChI is InChI=1S/C13H14I3NO3/c1-2-3-7(13(19)20)6-17-12(18)9-4-8(14)5-10(15)11(9)16/h4-5,7H,2-3,6H2,1H3,(H,17,18)(H,19,20). The third-order valence-corrected chi connectivity index (χ3v) is 6.40. The Bertz CT molecular complexity index is 520. The Balaban J connectivity index is 2.79. The number of rotatable bonds is 6. The second-order valence-electron chi connectivity index (χ2n) is 4.28. The van der Waals surface area contributed by atoms with Gasteiger partial charge in [-0.1, -0.05) is 13.3 Å². The lowest BCUT2D eigenvalue weighted by atomic mass is 10.0. The first kappa shape index (κ1) is 18.4. The van der Waals surface area contributed by atoms with Crippen molar-refractivity contribution in [1.29, 1.82) is 0 Å². The van der Waals surface area contributed by atoms with Gasteiger partial charge in [-0.3, -0.25) is 9.59 Å². The van der Waals surface area contributed by atoms with Gasteiger partial charge in [0, 0.05) is 17.3 Å². The van der Waals surface area contributed by atoms with Gasteiger partial charge in [0.2, 0.25) is 0 Å². The van der Waals surface area contributed by atoms with Gasteiger partial charge in [0.05, 0.1) is 11.5 Å². The van der Waals surface area contributed by atoms with Crippen LogP contribution in [0.15, 0.2) is 12.1 Å². The number of carboxylic acids is 1. The lowest BCUT2D eigenvalue weighted by molar-refractivity contribution is -0.141. The van der Waals surface area contributed by atoms with Gasteiger partial charge in [-0.05, 0) is 86.3 Å². The van der Waals surface area contributed by atoms with Crippen molar-refractivity contribution in [2.24, 2.45) is 5.92 Å². The normalized spacial score (nSPS) is 12.0. The van der Waals surface area contributed by atoms with Crippen LogP contribution in [0.25, 0.3) is 0 Å². The number of benzene rings is 1. The van der Waals surface area contributed by atoms with Crippen molar-refractivity contribution in [1.82, 2.24) is 5.32 Å². The molecule has 1 amide bonds. The highest BCUT2D eigenvalue weighted by molar-refractivity contribution is 14.1. The number of aliphatic carboxylic acids is 1. The summed E-state index contributed by atoms with van der Waals surface area (Å²) in [4.78, 5) is 23.2. The molecule has 0 aliphatic carbocycles. The number of carbonyl (C=O) groups is 2. The number of carboxylic acid groups (broad SMARTS) is 1. The fourth-order valence-electron chi connectivity index (χ4n) is 1.69. The molecule has 1 unspecified atom stereocenters. The second kappa shape index (κ2) is 8.71. The van der Waals surface area contributed by atoms with Crippen molar-refractivity contribution in [3.63, 3.8) is 0 Å². The van der Waals surface area contributed by atoms with Crippen LogP contribution in [0.4, 0.5) is 0 Å². The lowest BCUT2D eigenvalue weighted by Gasteiger charge is -2.13. The molecule has 20 heavy (non-hydrogen) atoms. The van der Waals surface area contributed by atoms with Gasteiger partial charge < -0.3 is 10.4 Å². The minimum atomic E-state index is -0.862. The van der Waals surface area contributed by atoms with Crippen LogP contribution in [0.3, 0.4) is 0 Å². The minimum absolute atomic E-state index is 0.167. The Morgan fingerprint density at radius 2 is 1.95 bits per heavy atom. The van der Waals surface area contributed by atoms with E-state index < -0.39 is 11.9 Å². The number of halogens is 3. The molecular formula is C13H14I3NO3. The van der Waals surface area contributed by atoms with Crippen LogP contribution in [0, 0.1) is 16.6 Å². The van der Waals surface area contributed by atoms with Crippen LogP contribution in [-0.4, -0.2) is 23.5 Å². The van der Waals surface area contributed by atoms with Gasteiger partial charge >= 0.3 is 5.97 Å². The summed E-state index contributed by atoms with van der Waals surface area (Å²) in [6, 6.07) is 3.81. The third kappa shape index (κ3) is 5.28. The first-order chi connectivity index (χ1) is 9.36. The van der Waals surface area contributed by atoms with Gasteiger partial charge in [-0.25, -0.2) is 0 Å². The van der Waals surface area contributed by atoms with Crippen LogP contribution < -0.4 is 5.32 Å². The predicted octanol–water partition coefficient (Wildman–Crippen LogP) is 3.73. The molecular weight excluding hydrogens is 599 g/mol. The number of hydrogen-bond acceptors (Lipinski definition) is 2. The van der Waals surface area contributed by atoms with E-state index in [9.17, 15) is 9.59 Å². The minimum Gasteiger partial charge on any atom is -0.481 e. The quantitative estimate of drug-likeness (QED) is 0.380. The number of carbonyl (C=O) groups excluding carboxylic acids is 1. The monoisotopic (exact) mass is 613 g/mol. The van der Waals surface area contributed by atoms with Crippen molar-refractivity contribution in [2.75, 3.05) is 6.54 Å². The van der Waals surface area contributed by atoms with Crippen molar-refractivity contribution in [2.45, 2.75) is 19.8 Å². The number of nitrogens with one attached hydrogen (secondary N) is 1. The van der Waals surface area contributed by atoms with Crippen LogP contribution in [0.1, 0.15) is 30.1 Å². The van der Waals surface area contributed by atoms with Crippen LogP contribution in [0.5, 0.6) is 0 Å². The van der Waals surface area contributed by atoms with E-state index >= 15 is 0 Å². The highest BCUT2D eigenvalue weighted by Gasteiger charge is 2.19. The zero-order valence-corrected chi connectivity index (χ0v) is 17.2.